The number of rotatable bonds is 2. The lowest BCUT2D eigenvalue weighted by molar-refractivity contribution is 0.147. The maximum atomic E-state index is 4.57. The van der Waals surface area contributed by atoms with E-state index in [2.05, 4.69) is 84.4 Å². The molecule has 0 unspecified atom stereocenters. The summed E-state index contributed by atoms with van der Waals surface area (Å²) >= 11 is 3.77. The first-order valence-electron chi connectivity index (χ1n) is 8.82. The van der Waals surface area contributed by atoms with Gasteiger partial charge in [-0.15, -0.1) is 5.10 Å². The molecule has 0 saturated carbocycles. The first kappa shape index (κ1) is 15.3. The number of halogens is 1. The summed E-state index contributed by atoms with van der Waals surface area (Å²) < 4.78 is 3.29. The molecular formula is C20H19BrN4. The molecule has 0 aliphatic carbocycles. The first-order chi connectivity index (χ1) is 12.3. The summed E-state index contributed by atoms with van der Waals surface area (Å²) in [6.07, 6.45) is 2.49. The number of hydrogen-bond acceptors (Lipinski definition) is 3. The third-order valence-electron chi connectivity index (χ3n) is 5.42. The molecule has 1 aromatic heterocycles. The molecule has 0 N–H and O–H groups in total. The average molecular weight is 395 g/mol. The highest BCUT2D eigenvalue weighted by Crippen LogP contribution is 2.43. The van der Waals surface area contributed by atoms with Crippen LogP contribution in [0.5, 0.6) is 0 Å². The van der Waals surface area contributed by atoms with Crippen molar-refractivity contribution in [1.29, 1.82) is 0 Å². The van der Waals surface area contributed by atoms with Crippen LogP contribution in [0.3, 0.4) is 0 Å². The second kappa shape index (κ2) is 6.07. The maximum Gasteiger partial charge on any atom is 0.118 e. The largest absolute Gasteiger partial charge is 0.286 e. The predicted molar refractivity (Wildman–Crippen MR) is 101 cm³/mol. The van der Waals surface area contributed by atoms with Crippen LogP contribution >= 0.6 is 15.9 Å². The number of fused-ring (bicyclic) bond motifs is 2. The Bertz CT molecular complexity index is 905. The first-order valence-corrected chi connectivity index (χ1v) is 9.61. The Morgan fingerprint density at radius 2 is 1.80 bits per heavy atom. The molecule has 5 rings (SSSR count). The zero-order valence-corrected chi connectivity index (χ0v) is 15.4. The van der Waals surface area contributed by atoms with Crippen LogP contribution in [0, 0.1) is 0 Å². The lowest BCUT2D eigenvalue weighted by atomic mass is 9.95. The fourth-order valence-corrected chi connectivity index (χ4v) is 4.80. The molecule has 2 aliphatic rings. The van der Waals surface area contributed by atoms with E-state index in [-0.39, 0.29) is 6.04 Å². The van der Waals surface area contributed by atoms with Crippen molar-refractivity contribution in [3.63, 3.8) is 0 Å². The van der Waals surface area contributed by atoms with Crippen LogP contribution < -0.4 is 0 Å². The van der Waals surface area contributed by atoms with Gasteiger partial charge in [-0.2, -0.15) is 0 Å². The average Bonchev–Trinajstić information content (AvgIpc) is 3.28. The highest BCUT2D eigenvalue weighted by atomic mass is 79.9. The summed E-state index contributed by atoms with van der Waals surface area (Å²) in [5, 5.41) is 9.10. The number of hydrogen-bond donors (Lipinski definition) is 0. The molecule has 1 saturated heterocycles. The fourth-order valence-electron chi connectivity index (χ4n) is 4.30. The van der Waals surface area contributed by atoms with E-state index in [9.17, 15) is 0 Å². The van der Waals surface area contributed by atoms with E-state index in [1.54, 1.807) is 0 Å². The Labute approximate surface area is 155 Å². The Balaban J connectivity index is 1.72. The second-order valence-corrected chi connectivity index (χ2v) is 7.68. The van der Waals surface area contributed by atoms with E-state index in [4.69, 9.17) is 0 Å². The molecule has 0 radical (unpaired) electrons. The van der Waals surface area contributed by atoms with Crippen molar-refractivity contribution in [2.24, 2.45) is 0 Å². The normalized spacial score (nSPS) is 22.6. The number of benzene rings is 2. The van der Waals surface area contributed by atoms with Crippen molar-refractivity contribution in [1.82, 2.24) is 19.9 Å². The molecule has 0 bridgehead atoms. The predicted octanol–water partition coefficient (Wildman–Crippen LogP) is 4.28. The van der Waals surface area contributed by atoms with Gasteiger partial charge in [-0.3, -0.25) is 4.90 Å². The fraction of sp³-hybridized carbons (Fsp3) is 0.300. The maximum absolute atomic E-state index is 4.57. The minimum Gasteiger partial charge on any atom is -0.286 e. The van der Waals surface area contributed by atoms with Crippen LogP contribution in [-0.2, 0) is 6.54 Å². The van der Waals surface area contributed by atoms with Crippen LogP contribution in [0.15, 0.2) is 59.1 Å². The van der Waals surface area contributed by atoms with Gasteiger partial charge in [0.25, 0.3) is 0 Å². The SMILES string of the molecule is Brc1ccccc1[C@H]1c2c(-c3ccccc3)nnn2C[C@@H]2CCCN21. The third kappa shape index (κ3) is 2.45. The Morgan fingerprint density at radius 3 is 2.64 bits per heavy atom. The molecular weight excluding hydrogens is 376 g/mol. The molecule has 3 heterocycles. The second-order valence-electron chi connectivity index (χ2n) is 6.83. The summed E-state index contributed by atoms with van der Waals surface area (Å²) in [5.74, 6) is 0. The van der Waals surface area contributed by atoms with E-state index in [1.807, 2.05) is 6.07 Å². The van der Waals surface area contributed by atoms with E-state index in [0.29, 0.717) is 6.04 Å². The van der Waals surface area contributed by atoms with Gasteiger partial charge in [-0.05, 0) is 31.0 Å². The van der Waals surface area contributed by atoms with Crippen molar-refractivity contribution in [2.75, 3.05) is 6.54 Å². The molecule has 0 spiro atoms. The van der Waals surface area contributed by atoms with E-state index in [0.717, 1.165) is 28.8 Å². The minimum absolute atomic E-state index is 0.196. The Morgan fingerprint density at radius 1 is 1.00 bits per heavy atom. The Kier molecular flexibility index (Phi) is 3.71. The summed E-state index contributed by atoms with van der Waals surface area (Å²) in [5.41, 5.74) is 4.66. The highest BCUT2D eigenvalue weighted by molar-refractivity contribution is 9.10. The zero-order chi connectivity index (χ0) is 16.8. The molecule has 0 amide bonds. The summed E-state index contributed by atoms with van der Waals surface area (Å²) in [7, 11) is 0. The van der Waals surface area contributed by atoms with Crippen LogP contribution in [-0.4, -0.2) is 32.5 Å². The third-order valence-corrected chi connectivity index (χ3v) is 6.14. The van der Waals surface area contributed by atoms with Crippen molar-refractivity contribution in [2.45, 2.75) is 31.5 Å². The number of nitrogens with zero attached hydrogens (tertiary/aromatic N) is 4. The van der Waals surface area contributed by atoms with E-state index < -0.39 is 0 Å². The minimum atomic E-state index is 0.196. The van der Waals surface area contributed by atoms with Crippen molar-refractivity contribution in [3.05, 3.63) is 70.3 Å². The molecule has 5 heteroatoms. The molecule has 3 aromatic rings. The van der Waals surface area contributed by atoms with Gasteiger partial charge in [0.05, 0.1) is 18.3 Å². The molecule has 4 nitrogen and oxygen atoms in total. The molecule has 2 aromatic carbocycles. The standard InChI is InChI=1S/C20H19BrN4/c21-17-11-5-4-10-16(17)19-20-18(14-7-2-1-3-8-14)22-23-25(20)13-15-9-6-12-24(15)19/h1-5,7-8,10-11,15,19H,6,9,12-13H2/t15-,19-/m0/s1. The summed E-state index contributed by atoms with van der Waals surface area (Å²) in [6.45, 7) is 2.08. The lowest BCUT2D eigenvalue weighted by Gasteiger charge is -2.38. The number of aromatic nitrogens is 3. The van der Waals surface area contributed by atoms with Crippen LogP contribution in [0.1, 0.15) is 30.1 Å². The molecule has 126 valence electrons. The van der Waals surface area contributed by atoms with Crippen LogP contribution in [0.25, 0.3) is 11.3 Å². The van der Waals surface area contributed by atoms with Gasteiger partial charge >= 0.3 is 0 Å². The van der Waals surface area contributed by atoms with Gasteiger partial charge in [-0.1, -0.05) is 69.7 Å². The quantitative estimate of drug-likeness (QED) is 0.650. The summed E-state index contributed by atoms with van der Waals surface area (Å²) in [4.78, 5) is 2.64. The van der Waals surface area contributed by atoms with Gasteiger partial charge in [0.15, 0.2) is 0 Å². The van der Waals surface area contributed by atoms with Gasteiger partial charge in [-0.25, -0.2) is 4.68 Å². The van der Waals surface area contributed by atoms with E-state index >= 15 is 0 Å². The van der Waals surface area contributed by atoms with Crippen molar-refractivity contribution >= 4 is 15.9 Å². The molecule has 2 atom stereocenters. The van der Waals surface area contributed by atoms with E-state index in [1.165, 1.54) is 24.1 Å². The van der Waals surface area contributed by atoms with Crippen LogP contribution in [0.4, 0.5) is 0 Å². The smallest absolute Gasteiger partial charge is 0.118 e. The topological polar surface area (TPSA) is 34.0 Å². The molecule has 1 fully saturated rings. The molecule has 2 aliphatic heterocycles. The van der Waals surface area contributed by atoms with Gasteiger partial charge < -0.3 is 0 Å². The zero-order valence-electron chi connectivity index (χ0n) is 13.8. The molecule has 25 heavy (non-hydrogen) atoms. The monoisotopic (exact) mass is 394 g/mol. The lowest BCUT2D eigenvalue weighted by Crippen LogP contribution is -2.43. The Hall–Kier alpha value is -1.98. The highest BCUT2D eigenvalue weighted by Gasteiger charge is 2.41. The van der Waals surface area contributed by atoms with Crippen LogP contribution in [0.2, 0.25) is 0 Å². The van der Waals surface area contributed by atoms with Gasteiger partial charge in [0, 0.05) is 16.1 Å². The van der Waals surface area contributed by atoms with Gasteiger partial charge in [0.1, 0.15) is 5.69 Å². The summed E-state index contributed by atoms with van der Waals surface area (Å²) in [6, 6.07) is 19.7. The van der Waals surface area contributed by atoms with Crippen molar-refractivity contribution in [3.8, 4) is 11.3 Å². The van der Waals surface area contributed by atoms with Crippen molar-refractivity contribution < 1.29 is 0 Å². The van der Waals surface area contributed by atoms with Gasteiger partial charge in [0.2, 0.25) is 0 Å².